The minimum atomic E-state index is -1.09. The molecule has 1 aliphatic carbocycles. The van der Waals surface area contributed by atoms with Crippen LogP contribution in [0, 0.1) is 0 Å². The number of carbonyl (C=O) groups excluding carboxylic acids is 1. The van der Waals surface area contributed by atoms with Gasteiger partial charge < -0.3 is 4.74 Å². The third-order valence-electron chi connectivity index (χ3n) is 2.09. The van der Waals surface area contributed by atoms with Crippen molar-refractivity contribution >= 4 is 5.97 Å². The van der Waals surface area contributed by atoms with Gasteiger partial charge in [-0.3, -0.25) is 4.79 Å². The molecule has 3 nitrogen and oxygen atoms in total. The number of carbonyl (C=O) groups is 1. The number of hydrogen-bond acceptors (Lipinski definition) is 2. The summed E-state index contributed by atoms with van der Waals surface area (Å²) in [5.41, 5.74) is 6.33. The van der Waals surface area contributed by atoms with Gasteiger partial charge in [-0.1, -0.05) is 0 Å². The zero-order valence-electron chi connectivity index (χ0n) is 7.72. The number of hydrogen-bond donors (Lipinski definition) is 0. The maximum atomic E-state index is 11.2. The largest absolute Gasteiger partial charge is 0.461 e. The highest BCUT2D eigenvalue weighted by Crippen LogP contribution is 2.22. The Morgan fingerprint density at radius 3 is 2.33 bits per heavy atom. The van der Waals surface area contributed by atoms with Gasteiger partial charge in [0.2, 0.25) is 0 Å². The average Bonchev–Trinajstić information content (AvgIpc) is 2.37. The van der Waals surface area contributed by atoms with E-state index in [2.05, 4.69) is 0 Å². The maximum absolute atomic E-state index is 11.2. The third kappa shape index (κ3) is 2.48. The molecule has 0 aromatic rings. The lowest BCUT2D eigenvalue weighted by molar-refractivity contribution is -0.154. The lowest BCUT2D eigenvalue weighted by Crippen LogP contribution is -2.37. The summed E-state index contributed by atoms with van der Waals surface area (Å²) in [6.07, 6.45) is 4.33. The Morgan fingerprint density at radius 1 is 1.42 bits per heavy atom. The van der Waals surface area contributed by atoms with E-state index in [9.17, 15) is 4.79 Å². The van der Waals surface area contributed by atoms with Crippen LogP contribution in [0.3, 0.4) is 0 Å². The molecule has 3 heteroatoms. The molecule has 0 unspecified atom stereocenters. The summed E-state index contributed by atoms with van der Waals surface area (Å²) in [6, 6.07) is 0. The fraction of sp³-hybridized carbons (Fsp3) is 0.889. The van der Waals surface area contributed by atoms with Crippen molar-refractivity contribution < 1.29 is 9.53 Å². The van der Waals surface area contributed by atoms with Crippen LogP contribution in [0.4, 0.5) is 0 Å². The third-order valence-corrected chi connectivity index (χ3v) is 2.09. The molecular weight excluding hydrogens is 154 g/mol. The van der Waals surface area contributed by atoms with Gasteiger partial charge in [-0.05, 0) is 39.5 Å². The molecule has 0 spiro atoms. The SMILES string of the molecule is CC(C)([NH])C(=O)OC1CCCC1. The molecule has 0 heterocycles. The monoisotopic (exact) mass is 170 g/mol. The highest BCUT2D eigenvalue weighted by Gasteiger charge is 2.28. The molecule has 0 amide bonds. The first kappa shape index (κ1) is 9.52. The second kappa shape index (κ2) is 3.44. The van der Waals surface area contributed by atoms with Crippen LogP contribution in [0.15, 0.2) is 0 Å². The summed E-state index contributed by atoms with van der Waals surface area (Å²) in [5.74, 6) is -0.394. The number of ether oxygens (including phenoxy) is 1. The summed E-state index contributed by atoms with van der Waals surface area (Å²) in [5, 5.41) is 0. The minimum Gasteiger partial charge on any atom is -0.461 e. The van der Waals surface area contributed by atoms with Crippen LogP contribution in [0.25, 0.3) is 0 Å². The second-order valence-corrected chi connectivity index (χ2v) is 3.94. The molecule has 69 valence electrons. The predicted molar refractivity (Wildman–Crippen MR) is 45.5 cm³/mol. The molecule has 1 fully saturated rings. The van der Waals surface area contributed by atoms with E-state index in [0.717, 1.165) is 25.7 Å². The summed E-state index contributed by atoms with van der Waals surface area (Å²) >= 11 is 0. The molecule has 1 aliphatic rings. The first-order valence-corrected chi connectivity index (χ1v) is 4.46. The van der Waals surface area contributed by atoms with E-state index in [4.69, 9.17) is 10.5 Å². The van der Waals surface area contributed by atoms with Gasteiger partial charge >= 0.3 is 5.97 Å². The van der Waals surface area contributed by atoms with Gasteiger partial charge in [0.25, 0.3) is 0 Å². The van der Waals surface area contributed by atoms with E-state index in [0.29, 0.717) is 0 Å². The van der Waals surface area contributed by atoms with Gasteiger partial charge in [-0.2, -0.15) is 0 Å². The van der Waals surface area contributed by atoms with Crippen LogP contribution in [0.5, 0.6) is 0 Å². The quantitative estimate of drug-likeness (QED) is 0.590. The Bertz CT molecular complexity index is 166. The maximum Gasteiger partial charge on any atom is 0.327 e. The first-order chi connectivity index (χ1) is 5.50. The Labute approximate surface area is 73.3 Å². The second-order valence-electron chi connectivity index (χ2n) is 3.94. The van der Waals surface area contributed by atoms with Crippen LogP contribution in [-0.4, -0.2) is 17.6 Å². The van der Waals surface area contributed by atoms with Crippen LogP contribution >= 0.6 is 0 Å². The molecule has 1 radical (unpaired) electrons. The standard InChI is InChI=1S/C9H16NO2/c1-9(2,10)8(11)12-7-5-3-4-6-7/h7,10H,3-6H2,1-2H3. The van der Waals surface area contributed by atoms with E-state index in [1.807, 2.05) is 0 Å². The molecule has 1 rings (SSSR count). The van der Waals surface area contributed by atoms with Crippen LogP contribution in [0.1, 0.15) is 39.5 Å². The molecule has 0 atom stereocenters. The Hall–Kier alpha value is -0.570. The zero-order chi connectivity index (χ0) is 9.19. The topological polar surface area (TPSA) is 50.1 Å². The molecule has 0 aromatic heterocycles. The number of nitrogens with one attached hydrogen (secondary N) is 1. The van der Waals surface area contributed by atoms with Crippen molar-refractivity contribution in [3.05, 3.63) is 0 Å². The Morgan fingerprint density at radius 2 is 1.92 bits per heavy atom. The van der Waals surface area contributed by atoms with Crippen molar-refractivity contribution in [2.75, 3.05) is 0 Å². The first-order valence-electron chi connectivity index (χ1n) is 4.46. The Kier molecular flexibility index (Phi) is 2.73. The van der Waals surface area contributed by atoms with Crippen molar-refractivity contribution in [1.82, 2.24) is 5.73 Å². The normalized spacial score (nSPS) is 19.6. The van der Waals surface area contributed by atoms with E-state index >= 15 is 0 Å². The van der Waals surface area contributed by atoms with E-state index < -0.39 is 11.5 Å². The van der Waals surface area contributed by atoms with Crippen molar-refractivity contribution in [1.29, 1.82) is 0 Å². The molecule has 1 N–H and O–H groups in total. The van der Waals surface area contributed by atoms with Gasteiger partial charge in [0.1, 0.15) is 11.6 Å². The molecule has 0 bridgehead atoms. The van der Waals surface area contributed by atoms with E-state index in [1.54, 1.807) is 13.8 Å². The summed E-state index contributed by atoms with van der Waals surface area (Å²) in [7, 11) is 0. The van der Waals surface area contributed by atoms with Crippen LogP contribution < -0.4 is 5.73 Å². The van der Waals surface area contributed by atoms with Crippen molar-refractivity contribution in [3.8, 4) is 0 Å². The molecule has 1 saturated carbocycles. The average molecular weight is 170 g/mol. The van der Waals surface area contributed by atoms with Crippen molar-refractivity contribution in [3.63, 3.8) is 0 Å². The zero-order valence-corrected chi connectivity index (χ0v) is 7.72. The number of rotatable bonds is 2. The minimum absolute atomic E-state index is 0.0853. The van der Waals surface area contributed by atoms with E-state index in [1.165, 1.54) is 0 Å². The smallest absolute Gasteiger partial charge is 0.327 e. The molecule has 0 aliphatic heterocycles. The number of esters is 1. The van der Waals surface area contributed by atoms with Gasteiger partial charge in [0.15, 0.2) is 0 Å². The van der Waals surface area contributed by atoms with Gasteiger partial charge in [-0.25, -0.2) is 5.73 Å². The summed E-state index contributed by atoms with van der Waals surface area (Å²) < 4.78 is 5.15. The van der Waals surface area contributed by atoms with E-state index in [-0.39, 0.29) is 6.10 Å². The Balaban J connectivity index is 2.35. The fourth-order valence-electron chi connectivity index (χ4n) is 1.30. The summed E-state index contributed by atoms with van der Waals surface area (Å²) in [6.45, 7) is 3.12. The van der Waals surface area contributed by atoms with Crippen molar-refractivity contribution in [2.45, 2.75) is 51.2 Å². The lowest BCUT2D eigenvalue weighted by atomic mass is 10.1. The van der Waals surface area contributed by atoms with Gasteiger partial charge in [0.05, 0.1) is 0 Å². The highest BCUT2D eigenvalue weighted by molar-refractivity contribution is 5.79. The van der Waals surface area contributed by atoms with Crippen LogP contribution in [0.2, 0.25) is 0 Å². The highest BCUT2D eigenvalue weighted by atomic mass is 16.5. The lowest BCUT2D eigenvalue weighted by Gasteiger charge is -2.19. The molecule has 0 aromatic carbocycles. The molecule has 12 heavy (non-hydrogen) atoms. The molecular formula is C9H16NO2. The predicted octanol–water partition coefficient (Wildman–Crippen LogP) is 1.53. The van der Waals surface area contributed by atoms with Crippen LogP contribution in [-0.2, 0) is 9.53 Å². The van der Waals surface area contributed by atoms with Crippen molar-refractivity contribution in [2.24, 2.45) is 0 Å². The van der Waals surface area contributed by atoms with Gasteiger partial charge in [0, 0.05) is 0 Å². The summed E-state index contributed by atoms with van der Waals surface area (Å²) in [4.78, 5) is 11.2. The fourth-order valence-corrected chi connectivity index (χ4v) is 1.30. The van der Waals surface area contributed by atoms with Gasteiger partial charge in [-0.15, -0.1) is 0 Å². The molecule has 0 saturated heterocycles.